The smallest absolute Gasteiger partial charge is 0.0478 e. The minimum absolute atomic E-state index is 0.998. The normalized spacial score (nSPS) is 10.3. The van der Waals surface area contributed by atoms with Crippen LogP contribution in [0.15, 0.2) is 46.7 Å². The summed E-state index contributed by atoms with van der Waals surface area (Å²) in [5.74, 6) is 0. The number of nitrogens with one attached hydrogen (secondary N) is 1. The Labute approximate surface area is 105 Å². The number of thiophene rings is 1. The van der Waals surface area contributed by atoms with Gasteiger partial charge >= 0.3 is 0 Å². The first-order valence-electron chi connectivity index (χ1n) is 5.29. The van der Waals surface area contributed by atoms with Crippen LogP contribution in [0.3, 0.4) is 0 Å². The van der Waals surface area contributed by atoms with Gasteiger partial charge in [-0.25, -0.2) is 0 Å². The second kappa shape index (κ2) is 5.97. The van der Waals surface area contributed by atoms with Crippen LogP contribution in [0.1, 0.15) is 4.88 Å². The zero-order chi connectivity index (χ0) is 11.2. The van der Waals surface area contributed by atoms with Crippen LogP contribution in [-0.2, 0) is 6.42 Å². The van der Waals surface area contributed by atoms with Gasteiger partial charge < -0.3 is 5.32 Å². The predicted molar refractivity (Wildman–Crippen MR) is 74.7 cm³/mol. The molecule has 16 heavy (non-hydrogen) atoms. The Morgan fingerprint density at radius 2 is 2.06 bits per heavy atom. The Kier molecular flexibility index (Phi) is 4.31. The van der Waals surface area contributed by atoms with Gasteiger partial charge in [0.25, 0.3) is 0 Å². The summed E-state index contributed by atoms with van der Waals surface area (Å²) in [6.45, 7) is 0.998. The van der Waals surface area contributed by atoms with Crippen molar-refractivity contribution in [2.45, 2.75) is 11.3 Å². The van der Waals surface area contributed by atoms with Gasteiger partial charge in [0, 0.05) is 22.0 Å². The van der Waals surface area contributed by atoms with Crippen LogP contribution < -0.4 is 5.32 Å². The number of hydrogen-bond acceptors (Lipinski definition) is 3. The molecule has 0 fully saturated rings. The van der Waals surface area contributed by atoms with E-state index in [9.17, 15) is 0 Å². The van der Waals surface area contributed by atoms with Crippen LogP contribution in [0.4, 0.5) is 5.69 Å². The predicted octanol–water partition coefficient (Wildman–Crippen LogP) is 4.12. The monoisotopic (exact) mass is 249 g/mol. The zero-order valence-corrected chi connectivity index (χ0v) is 10.9. The third-order valence-electron chi connectivity index (χ3n) is 2.37. The Balaban J connectivity index is 1.89. The highest BCUT2D eigenvalue weighted by atomic mass is 32.2. The molecular weight excluding hydrogens is 234 g/mol. The molecule has 0 unspecified atom stereocenters. The first kappa shape index (κ1) is 11.6. The van der Waals surface area contributed by atoms with Gasteiger partial charge in [0.2, 0.25) is 0 Å². The van der Waals surface area contributed by atoms with Crippen LogP contribution in [-0.4, -0.2) is 12.8 Å². The Bertz CT molecular complexity index is 423. The molecule has 0 spiro atoms. The van der Waals surface area contributed by atoms with Crippen LogP contribution in [0.2, 0.25) is 0 Å². The minimum atomic E-state index is 0.998. The van der Waals surface area contributed by atoms with E-state index in [2.05, 4.69) is 53.4 Å². The summed E-state index contributed by atoms with van der Waals surface area (Å²) in [5, 5.41) is 5.62. The third kappa shape index (κ3) is 3.03. The van der Waals surface area contributed by atoms with Crippen molar-refractivity contribution in [1.82, 2.24) is 0 Å². The molecule has 0 saturated carbocycles. The van der Waals surface area contributed by atoms with E-state index in [1.807, 2.05) is 11.3 Å². The third-order valence-corrected chi connectivity index (χ3v) is 4.11. The topological polar surface area (TPSA) is 12.0 Å². The number of anilines is 1. The standard InChI is InChI=1S/C13H15NS2/c1-15-13-7-3-2-6-12(13)14-9-8-11-5-4-10-16-11/h2-7,10,14H,8-9H2,1H3. The molecule has 0 saturated heterocycles. The molecule has 1 nitrogen and oxygen atoms in total. The van der Waals surface area contributed by atoms with Gasteiger partial charge in [0.15, 0.2) is 0 Å². The summed E-state index contributed by atoms with van der Waals surface area (Å²) in [6.07, 6.45) is 3.21. The van der Waals surface area contributed by atoms with Crippen molar-refractivity contribution in [2.24, 2.45) is 0 Å². The molecule has 1 aromatic heterocycles. The second-order valence-corrected chi connectivity index (χ2v) is 5.34. The lowest BCUT2D eigenvalue weighted by Crippen LogP contribution is -2.04. The highest BCUT2D eigenvalue weighted by Gasteiger charge is 1.99. The molecule has 0 aliphatic rings. The summed E-state index contributed by atoms with van der Waals surface area (Å²) >= 11 is 3.61. The molecule has 0 atom stereocenters. The molecule has 1 N–H and O–H groups in total. The van der Waals surface area contributed by atoms with Gasteiger partial charge in [-0.3, -0.25) is 0 Å². The van der Waals surface area contributed by atoms with Crippen molar-refractivity contribution in [3.63, 3.8) is 0 Å². The van der Waals surface area contributed by atoms with Gasteiger partial charge in [-0.2, -0.15) is 0 Å². The fraction of sp³-hybridized carbons (Fsp3) is 0.231. The molecule has 3 heteroatoms. The average Bonchev–Trinajstić information content (AvgIpc) is 2.83. The molecule has 1 aromatic carbocycles. The quantitative estimate of drug-likeness (QED) is 0.800. The number of thioether (sulfide) groups is 1. The van der Waals surface area contributed by atoms with Crippen molar-refractivity contribution in [2.75, 3.05) is 18.1 Å². The molecule has 84 valence electrons. The van der Waals surface area contributed by atoms with E-state index in [1.54, 1.807) is 11.8 Å². The lowest BCUT2D eigenvalue weighted by molar-refractivity contribution is 1.04. The largest absolute Gasteiger partial charge is 0.384 e. The van der Waals surface area contributed by atoms with Crippen molar-refractivity contribution >= 4 is 28.8 Å². The number of hydrogen-bond donors (Lipinski definition) is 1. The van der Waals surface area contributed by atoms with E-state index >= 15 is 0 Å². The first-order chi connectivity index (χ1) is 7.90. The fourth-order valence-electron chi connectivity index (χ4n) is 1.57. The molecule has 0 bridgehead atoms. The highest BCUT2D eigenvalue weighted by Crippen LogP contribution is 2.24. The van der Waals surface area contributed by atoms with Crippen LogP contribution >= 0.6 is 23.1 Å². The van der Waals surface area contributed by atoms with Crippen LogP contribution in [0.25, 0.3) is 0 Å². The number of para-hydroxylation sites is 1. The lowest BCUT2D eigenvalue weighted by Gasteiger charge is -2.09. The van der Waals surface area contributed by atoms with Gasteiger partial charge in [0.05, 0.1) is 0 Å². The SMILES string of the molecule is CSc1ccccc1NCCc1cccs1. The summed E-state index contributed by atoms with van der Waals surface area (Å²) in [7, 11) is 0. The van der Waals surface area contributed by atoms with E-state index in [4.69, 9.17) is 0 Å². The summed E-state index contributed by atoms with van der Waals surface area (Å²) in [5.41, 5.74) is 1.24. The highest BCUT2D eigenvalue weighted by molar-refractivity contribution is 7.98. The summed E-state index contributed by atoms with van der Waals surface area (Å²) in [4.78, 5) is 2.75. The molecule has 2 aromatic rings. The minimum Gasteiger partial charge on any atom is -0.384 e. The number of benzene rings is 1. The molecule has 1 heterocycles. The molecule has 0 aliphatic carbocycles. The summed E-state index contributed by atoms with van der Waals surface area (Å²) in [6, 6.07) is 12.7. The Hall–Kier alpha value is -0.930. The molecule has 0 aliphatic heterocycles. The first-order valence-corrected chi connectivity index (χ1v) is 7.40. The van der Waals surface area contributed by atoms with E-state index in [0.717, 1.165) is 13.0 Å². The second-order valence-electron chi connectivity index (χ2n) is 3.46. The Morgan fingerprint density at radius 3 is 2.81 bits per heavy atom. The van der Waals surface area contributed by atoms with E-state index in [1.165, 1.54) is 15.5 Å². The maximum atomic E-state index is 3.49. The van der Waals surface area contributed by atoms with Gasteiger partial charge in [0.1, 0.15) is 0 Å². The van der Waals surface area contributed by atoms with Gasteiger partial charge in [-0.05, 0) is 36.3 Å². The molecular formula is C13H15NS2. The number of rotatable bonds is 5. The Morgan fingerprint density at radius 1 is 1.19 bits per heavy atom. The maximum Gasteiger partial charge on any atom is 0.0478 e. The van der Waals surface area contributed by atoms with E-state index < -0.39 is 0 Å². The molecule has 0 amide bonds. The lowest BCUT2D eigenvalue weighted by atomic mass is 10.3. The molecule has 2 rings (SSSR count). The zero-order valence-electron chi connectivity index (χ0n) is 9.27. The van der Waals surface area contributed by atoms with E-state index in [0.29, 0.717) is 0 Å². The summed E-state index contributed by atoms with van der Waals surface area (Å²) < 4.78 is 0. The van der Waals surface area contributed by atoms with Crippen molar-refractivity contribution in [3.8, 4) is 0 Å². The average molecular weight is 249 g/mol. The fourth-order valence-corrected chi connectivity index (χ4v) is 2.85. The maximum absolute atomic E-state index is 3.49. The van der Waals surface area contributed by atoms with Crippen molar-refractivity contribution < 1.29 is 0 Å². The van der Waals surface area contributed by atoms with E-state index in [-0.39, 0.29) is 0 Å². The van der Waals surface area contributed by atoms with Crippen LogP contribution in [0.5, 0.6) is 0 Å². The van der Waals surface area contributed by atoms with Gasteiger partial charge in [-0.1, -0.05) is 18.2 Å². The molecule has 0 radical (unpaired) electrons. The van der Waals surface area contributed by atoms with Crippen molar-refractivity contribution in [1.29, 1.82) is 0 Å². The van der Waals surface area contributed by atoms with Crippen LogP contribution in [0, 0.1) is 0 Å². The van der Waals surface area contributed by atoms with Gasteiger partial charge in [-0.15, -0.1) is 23.1 Å². The van der Waals surface area contributed by atoms with Crippen molar-refractivity contribution in [3.05, 3.63) is 46.7 Å².